The number of rotatable bonds is 4. The van der Waals surface area contributed by atoms with Gasteiger partial charge in [-0.1, -0.05) is 24.3 Å². The van der Waals surface area contributed by atoms with Gasteiger partial charge in [0.15, 0.2) is 11.5 Å². The lowest BCUT2D eigenvalue weighted by Gasteiger charge is -2.22. The van der Waals surface area contributed by atoms with E-state index in [4.69, 9.17) is 9.47 Å². The molecule has 1 heterocycles. The lowest BCUT2D eigenvalue weighted by Crippen LogP contribution is -2.43. The highest BCUT2D eigenvalue weighted by molar-refractivity contribution is 6.00. The van der Waals surface area contributed by atoms with Crippen LogP contribution in [0.3, 0.4) is 0 Å². The van der Waals surface area contributed by atoms with Gasteiger partial charge in [0.25, 0.3) is 0 Å². The lowest BCUT2D eigenvalue weighted by molar-refractivity contribution is -0.117. The first kappa shape index (κ1) is 16.6. The molecule has 0 saturated heterocycles. The second kappa shape index (κ2) is 7.57. The number of ether oxygens (including phenoxy) is 2. The number of carbonyl (C=O) groups is 2. The van der Waals surface area contributed by atoms with E-state index in [1.165, 1.54) is 0 Å². The molecule has 1 aliphatic heterocycles. The number of benzene rings is 2. The molecule has 2 aromatic rings. The average Bonchev–Trinajstić information content (AvgIpc) is 2.62. The van der Waals surface area contributed by atoms with Gasteiger partial charge in [-0.2, -0.15) is 0 Å². The van der Waals surface area contributed by atoms with Crippen molar-refractivity contribution in [2.45, 2.75) is 13.0 Å². The molecule has 1 atom stereocenters. The minimum atomic E-state index is -0.732. The summed E-state index contributed by atoms with van der Waals surface area (Å²) in [6, 6.07) is 13.1. The van der Waals surface area contributed by atoms with Gasteiger partial charge in [-0.3, -0.25) is 4.79 Å². The molecule has 0 unspecified atom stereocenters. The molecule has 2 aromatic carbocycles. The van der Waals surface area contributed by atoms with Crippen LogP contribution in [0.2, 0.25) is 0 Å². The number of hydrogen-bond donors (Lipinski definition) is 3. The fourth-order valence-corrected chi connectivity index (χ4v) is 2.36. The zero-order valence-corrected chi connectivity index (χ0v) is 13.7. The van der Waals surface area contributed by atoms with Crippen molar-refractivity contribution >= 4 is 23.3 Å². The SMILES string of the molecule is C[C@@H](NC(=O)Nc1ccccc1)C(=O)Nc1cccc2c1OCCO2. The van der Waals surface area contributed by atoms with Gasteiger partial charge in [-0.15, -0.1) is 0 Å². The molecule has 7 heteroatoms. The Balaban J connectivity index is 1.59. The molecule has 0 aromatic heterocycles. The molecule has 130 valence electrons. The molecule has 0 aliphatic carbocycles. The van der Waals surface area contributed by atoms with Crippen LogP contribution in [0.25, 0.3) is 0 Å². The Morgan fingerprint density at radius 3 is 2.52 bits per heavy atom. The number of anilines is 2. The fraction of sp³-hybridized carbons (Fsp3) is 0.222. The smallest absolute Gasteiger partial charge is 0.319 e. The third kappa shape index (κ3) is 4.20. The number of hydrogen-bond acceptors (Lipinski definition) is 4. The summed E-state index contributed by atoms with van der Waals surface area (Å²) in [7, 11) is 0. The molecule has 3 N–H and O–H groups in total. The summed E-state index contributed by atoms with van der Waals surface area (Å²) in [4.78, 5) is 24.3. The van der Waals surface area contributed by atoms with Crippen molar-refractivity contribution in [3.63, 3.8) is 0 Å². The Bertz CT molecular complexity index is 764. The van der Waals surface area contributed by atoms with Gasteiger partial charge >= 0.3 is 6.03 Å². The maximum atomic E-state index is 12.3. The van der Waals surface area contributed by atoms with Gasteiger partial charge in [-0.05, 0) is 31.2 Å². The van der Waals surface area contributed by atoms with Crippen LogP contribution in [0.1, 0.15) is 6.92 Å². The molecule has 1 aliphatic rings. The molecule has 0 radical (unpaired) electrons. The fourth-order valence-electron chi connectivity index (χ4n) is 2.36. The van der Waals surface area contributed by atoms with Crippen molar-refractivity contribution in [3.05, 3.63) is 48.5 Å². The summed E-state index contributed by atoms with van der Waals surface area (Å²) in [6.07, 6.45) is 0. The highest BCUT2D eigenvalue weighted by atomic mass is 16.6. The largest absolute Gasteiger partial charge is 0.486 e. The van der Waals surface area contributed by atoms with Crippen LogP contribution in [0.5, 0.6) is 11.5 Å². The first-order chi connectivity index (χ1) is 12.1. The van der Waals surface area contributed by atoms with E-state index in [1.807, 2.05) is 18.2 Å². The molecular formula is C18H19N3O4. The number of fused-ring (bicyclic) bond motifs is 1. The van der Waals surface area contributed by atoms with Gasteiger partial charge in [0.1, 0.15) is 19.3 Å². The first-order valence-electron chi connectivity index (χ1n) is 7.95. The maximum absolute atomic E-state index is 12.3. The van der Waals surface area contributed by atoms with Crippen LogP contribution in [0.15, 0.2) is 48.5 Å². The zero-order chi connectivity index (χ0) is 17.6. The van der Waals surface area contributed by atoms with E-state index in [9.17, 15) is 9.59 Å². The second-order valence-corrected chi connectivity index (χ2v) is 5.51. The van der Waals surface area contributed by atoms with Crippen LogP contribution >= 0.6 is 0 Å². The highest BCUT2D eigenvalue weighted by Crippen LogP contribution is 2.37. The van der Waals surface area contributed by atoms with Crippen molar-refractivity contribution < 1.29 is 19.1 Å². The number of para-hydroxylation sites is 2. The summed E-state index contributed by atoms with van der Waals surface area (Å²) < 4.78 is 11.0. The van der Waals surface area contributed by atoms with Crippen LogP contribution < -0.4 is 25.4 Å². The van der Waals surface area contributed by atoms with Gasteiger partial charge in [-0.25, -0.2) is 4.79 Å². The summed E-state index contributed by atoms with van der Waals surface area (Å²) in [5.74, 6) is 0.736. The third-order valence-electron chi connectivity index (χ3n) is 3.60. The molecule has 0 saturated carbocycles. The third-order valence-corrected chi connectivity index (χ3v) is 3.60. The van der Waals surface area contributed by atoms with Crippen molar-refractivity contribution in [3.8, 4) is 11.5 Å². The molecular weight excluding hydrogens is 322 g/mol. The molecule has 0 bridgehead atoms. The maximum Gasteiger partial charge on any atom is 0.319 e. The predicted molar refractivity (Wildman–Crippen MR) is 94.1 cm³/mol. The quantitative estimate of drug-likeness (QED) is 0.797. The Kier molecular flexibility index (Phi) is 5.03. The van der Waals surface area contributed by atoms with Gasteiger partial charge in [0.2, 0.25) is 5.91 Å². The Morgan fingerprint density at radius 2 is 1.72 bits per heavy atom. The number of carbonyl (C=O) groups excluding carboxylic acids is 2. The second-order valence-electron chi connectivity index (χ2n) is 5.51. The van der Waals surface area contributed by atoms with Crippen LogP contribution in [0, 0.1) is 0 Å². The summed E-state index contributed by atoms with van der Waals surface area (Å²) in [5.41, 5.74) is 1.16. The minimum absolute atomic E-state index is 0.356. The van der Waals surface area contributed by atoms with Crippen molar-refractivity contribution in [2.75, 3.05) is 23.8 Å². The predicted octanol–water partition coefficient (Wildman–Crippen LogP) is 2.61. The van der Waals surface area contributed by atoms with Crippen LogP contribution in [-0.4, -0.2) is 31.2 Å². The monoisotopic (exact) mass is 341 g/mol. The van der Waals surface area contributed by atoms with Crippen molar-refractivity contribution in [1.29, 1.82) is 0 Å². The summed E-state index contributed by atoms with van der Waals surface area (Å²) >= 11 is 0. The Morgan fingerprint density at radius 1 is 0.960 bits per heavy atom. The zero-order valence-electron chi connectivity index (χ0n) is 13.7. The molecule has 0 spiro atoms. The molecule has 3 rings (SSSR count). The normalized spacial score (nSPS) is 13.5. The topological polar surface area (TPSA) is 88.7 Å². The number of nitrogens with one attached hydrogen (secondary N) is 3. The summed E-state index contributed by atoms with van der Waals surface area (Å²) in [5, 5.41) is 8.01. The van der Waals surface area contributed by atoms with Gasteiger partial charge in [0, 0.05) is 5.69 Å². The van der Waals surface area contributed by atoms with E-state index in [1.54, 1.807) is 37.3 Å². The van der Waals surface area contributed by atoms with E-state index in [0.29, 0.717) is 36.1 Å². The molecule has 0 fully saturated rings. The molecule has 25 heavy (non-hydrogen) atoms. The first-order valence-corrected chi connectivity index (χ1v) is 7.95. The molecule has 7 nitrogen and oxygen atoms in total. The van der Waals surface area contributed by atoms with Crippen molar-refractivity contribution in [1.82, 2.24) is 5.32 Å². The van der Waals surface area contributed by atoms with Gasteiger partial charge in [0.05, 0.1) is 5.69 Å². The van der Waals surface area contributed by atoms with E-state index in [2.05, 4.69) is 16.0 Å². The van der Waals surface area contributed by atoms with E-state index >= 15 is 0 Å². The summed E-state index contributed by atoms with van der Waals surface area (Å²) in [6.45, 7) is 2.50. The van der Waals surface area contributed by atoms with E-state index in [0.717, 1.165) is 0 Å². The standard InChI is InChI=1S/C18H19N3O4/c1-12(19-18(23)20-13-6-3-2-4-7-13)17(22)21-14-8-5-9-15-16(14)25-11-10-24-15/h2-9,12H,10-11H2,1H3,(H,21,22)(H2,19,20,23)/t12-/m1/s1. The van der Waals surface area contributed by atoms with Crippen LogP contribution in [0.4, 0.5) is 16.2 Å². The average molecular weight is 341 g/mol. The van der Waals surface area contributed by atoms with Crippen molar-refractivity contribution in [2.24, 2.45) is 0 Å². The minimum Gasteiger partial charge on any atom is -0.486 e. The van der Waals surface area contributed by atoms with Crippen LogP contribution in [-0.2, 0) is 4.79 Å². The molecule has 3 amide bonds. The Hall–Kier alpha value is -3.22. The highest BCUT2D eigenvalue weighted by Gasteiger charge is 2.20. The number of amides is 3. The lowest BCUT2D eigenvalue weighted by atomic mass is 10.2. The van der Waals surface area contributed by atoms with E-state index < -0.39 is 12.1 Å². The van der Waals surface area contributed by atoms with E-state index in [-0.39, 0.29) is 5.91 Å². The number of urea groups is 1. The van der Waals surface area contributed by atoms with Gasteiger partial charge < -0.3 is 25.4 Å². The Labute approximate surface area is 145 Å².